The van der Waals surface area contributed by atoms with Crippen LogP contribution >= 0.6 is 0 Å². The highest BCUT2D eigenvalue weighted by atomic mass is 15.1. The van der Waals surface area contributed by atoms with Crippen molar-refractivity contribution in [1.82, 2.24) is 9.55 Å². The summed E-state index contributed by atoms with van der Waals surface area (Å²) in [6.45, 7) is 4.18. The van der Waals surface area contributed by atoms with Gasteiger partial charge in [-0.2, -0.15) is 0 Å². The Kier molecular flexibility index (Phi) is 2.79. The maximum absolute atomic E-state index is 6.28. The van der Waals surface area contributed by atoms with Crippen LogP contribution in [-0.4, -0.2) is 9.55 Å². The second-order valence-corrected chi connectivity index (χ2v) is 4.18. The monoisotopic (exact) mass is 215 g/mol. The highest BCUT2D eigenvalue weighted by molar-refractivity contribution is 5.38. The molecule has 2 rings (SSSR count). The van der Waals surface area contributed by atoms with Gasteiger partial charge in [0.25, 0.3) is 0 Å². The van der Waals surface area contributed by atoms with Crippen molar-refractivity contribution in [3.8, 4) is 0 Å². The number of hydrogen-bond acceptors (Lipinski definition) is 2. The molecule has 0 radical (unpaired) electrons. The van der Waals surface area contributed by atoms with Crippen LogP contribution in [0.25, 0.3) is 0 Å². The van der Waals surface area contributed by atoms with Gasteiger partial charge < -0.3 is 10.3 Å². The summed E-state index contributed by atoms with van der Waals surface area (Å²) in [7, 11) is 1.97. The molecule has 0 aliphatic heterocycles. The molecular weight excluding hydrogens is 198 g/mol. The van der Waals surface area contributed by atoms with Gasteiger partial charge in [0, 0.05) is 19.4 Å². The van der Waals surface area contributed by atoms with Crippen molar-refractivity contribution in [2.24, 2.45) is 12.8 Å². The van der Waals surface area contributed by atoms with E-state index in [9.17, 15) is 0 Å². The van der Waals surface area contributed by atoms with E-state index >= 15 is 0 Å². The first-order chi connectivity index (χ1) is 7.61. The lowest BCUT2D eigenvalue weighted by atomic mass is 9.96. The van der Waals surface area contributed by atoms with Gasteiger partial charge in [-0.05, 0) is 30.5 Å². The van der Waals surface area contributed by atoms with Crippen molar-refractivity contribution in [3.63, 3.8) is 0 Å². The Hall–Kier alpha value is -1.61. The molecule has 1 atom stereocenters. The summed E-state index contributed by atoms with van der Waals surface area (Å²) < 4.78 is 1.97. The van der Waals surface area contributed by atoms with Gasteiger partial charge in [0.05, 0.1) is 6.04 Å². The molecule has 0 spiro atoms. The Morgan fingerprint density at radius 1 is 1.25 bits per heavy atom. The number of aryl methyl sites for hydroxylation is 3. The topological polar surface area (TPSA) is 43.8 Å². The maximum atomic E-state index is 6.28. The molecule has 16 heavy (non-hydrogen) atoms. The SMILES string of the molecule is Cc1cccc(C)c1C(N)c1nccn1C. The van der Waals surface area contributed by atoms with Gasteiger partial charge in [-0.25, -0.2) is 4.98 Å². The van der Waals surface area contributed by atoms with E-state index in [1.807, 2.05) is 17.8 Å². The molecule has 1 aromatic heterocycles. The standard InChI is InChI=1S/C13H17N3/c1-9-5-4-6-10(2)11(9)12(14)13-15-7-8-16(13)3/h4-8,12H,14H2,1-3H3. The molecule has 0 saturated carbocycles. The number of imidazole rings is 1. The first kappa shape index (κ1) is 10.9. The summed E-state index contributed by atoms with van der Waals surface area (Å²) >= 11 is 0. The highest BCUT2D eigenvalue weighted by Gasteiger charge is 2.16. The van der Waals surface area contributed by atoms with Gasteiger partial charge in [-0.3, -0.25) is 0 Å². The van der Waals surface area contributed by atoms with E-state index in [2.05, 4.69) is 37.0 Å². The zero-order valence-electron chi connectivity index (χ0n) is 9.94. The number of benzene rings is 1. The maximum Gasteiger partial charge on any atom is 0.129 e. The van der Waals surface area contributed by atoms with E-state index in [4.69, 9.17) is 5.73 Å². The minimum atomic E-state index is -0.152. The van der Waals surface area contributed by atoms with Crippen LogP contribution in [0.4, 0.5) is 0 Å². The van der Waals surface area contributed by atoms with Gasteiger partial charge in [0.1, 0.15) is 5.82 Å². The van der Waals surface area contributed by atoms with Gasteiger partial charge in [-0.1, -0.05) is 18.2 Å². The second-order valence-electron chi connectivity index (χ2n) is 4.18. The van der Waals surface area contributed by atoms with Crippen LogP contribution in [0.1, 0.15) is 28.6 Å². The number of rotatable bonds is 2. The molecule has 3 heteroatoms. The molecule has 1 aromatic carbocycles. The summed E-state index contributed by atoms with van der Waals surface area (Å²) in [6.07, 6.45) is 3.70. The van der Waals surface area contributed by atoms with Crippen LogP contribution in [-0.2, 0) is 7.05 Å². The predicted molar refractivity (Wildman–Crippen MR) is 65.2 cm³/mol. The van der Waals surface area contributed by atoms with Crippen LogP contribution in [0, 0.1) is 13.8 Å². The molecule has 0 amide bonds. The van der Waals surface area contributed by atoms with E-state index in [1.165, 1.54) is 16.7 Å². The molecule has 0 aliphatic carbocycles. The van der Waals surface area contributed by atoms with Crippen molar-refractivity contribution in [2.75, 3.05) is 0 Å². The quantitative estimate of drug-likeness (QED) is 0.833. The van der Waals surface area contributed by atoms with Crippen molar-refractivity contribution >= 4 is 0 Å². The van der Waals surface area contributed by atoms with E-state index in [-0.39, 0.29) is 6.04 Å². The van der Waals surface area contributed by atoms with E-state index in [1.54, 1.807) is 6.20 Å². The third-order valence-corrected chi connectivity index (χ3v) is 2.99. The fourth-order valence-electron chi connectivity index (χ4n) is 2.12. The number of aromatic nitrogens is 2. The summed E-state index contributed by atoms with van der Waals surface area (Å²) in [5.41, 5.74) is 9.89. The lowest BCUT2D eigenvalue weighted by Gasteiger charge is -2.17. The van der Waals surface area contributed by atoms with E-state index in [0.717, 1.165) is 5.82 Å². The van der Waals surface area contributed by atoms with Gasteiger partial charge in [0.2, 0.25) is 0 Å². The Bertz CT molecular complexity index is 479. The smallest absolute Gasteiger partial charge is 0.129 e. The van der Waals surface area contributed by atoms with Crippen molar-refractivity contribution < 1.29 is 0 Å². The molecule has 2 aromatic rings. The molecule has 0 bridgehead atoms. The molecular formula is C13H17N3. The number of nitrogens with two attached hydrogens (primary N) is 1. The zero-order chi connectivity index (χ0) is 11.7. The Morgan fingerprint density at radius 2 is 1.88 bits per heavy atom. The van der Waals surface area contributed by atoms with Crippen molar-refractivity contribution in [1.29, 1.82) is 0 Å². The minimum Gasteiger partial charge on any atom is -0.336 e. The molecule has 2 N–H and O–H groups in total. The van der Waals surface area contributed by atoms with Crippen molar-refractivity contribution in [3.05, 3.63) is 53.1 Å². The largest absolute Gasteiger partial charge is 0.336 e. The normalized spacial score (nSPS) is 12.8. The van der Waals surface area contributed by atoms with Crippen LogP contribution < -0.4 is 5.73 Å². The van der Waals surface area contributed by atoms with Crippen LogP contribution in [0.2, 0.25) is 0 Å². The van der Waals surface area contributed by atoms with E-state index in [0.29, 0.717) is 0 Å². The van der Waals surface area contributed by atoms with E-state index < -0.39 is 0 Å². The van der Waals surface area contributed by atoms with Gasteiger partial charge in [0.15, 0.2) is 0 Å². The Balaban J connectivity index is 2.49. The summed E-state index contributed by atoms with van der Waals surface area (Å²) in [6, 6.07) is 6.08. The highest BCUT2D eigenvalue weighted by Crippen LogP contribution is 2.24. The average molecular weight is 215 g/mol. The number of hydrogen-bond donors (Lipinski definition) is 1. The van der Waals surface area contributed by atoms with Crippen LogP contribution in [0.5, 0.6) is 0 Å². The Labute approximate surface area is 95.9 Å². The van der Waals surface area contributed by atoms with Crippen molar-refractivity contribution in [2.45, 2.75) is 19.9 Å². The Morgan fingerprint density at radius 3 is 2.38 bits per heavy atom. The van der Waals surface area contributed by atoms with Gasteiger partial charge >= 0.3 is 0 Å². The summed E-state index contributed by atoms with van der Waals surface area (Å²) in [5.74, 6) is 0.900. The molecule has 0 saturated heterocycles. The van der Waals surface area contributed by atoms with Gasteiger partial charge in [-0.15, -0.1) is 0 Å². The number of nitrogens with zero attached hydrogens (tertiary/aromatic N) is 2. The summed E-state index contributed by atoms with van der Waals surface area (Å²) in [4.78, 5) is 4.31. The lowest BCUT2D eigenvalue weighted by Crippen LogP contribution is -2.18. The fourth-order valence-corrected chi connectivity index (χ4v) is 2.12. The first-order valence-corrected chi connectivity index (χ1v) is 5.40. The third-order valence-electron chi connectivity index (χ3n) is 2.99. The van der Waals surface area contributed by atoms with Crippen LogP contribution in [0.15, 0.2) is 30.6 Å². The summed E-state index contributed by atoms with van der Waals surface area (Å²) in [5, 5.41) is 0. The second kappa shape index (κ2) is 4.10. The molecule has 1 unspecified atom stereocenters. The molecule has 1 heterocycles. The molecule has 84 valence electrons. The fraction of sp³-hybridized carbons (Fsp3) is 0.308. The molecule has 3 nitrogen and oxygen atoms in total. The zero-order valence-corrected chi connectivity index (χ0v) is 9.94. The first-order valence-electron chi connectivity index (χ1n) is 5.40. The molecule has 0 aliphatic rings. The average Bonchev–Trinajstić information content (AvgIpc) is 2.64. The third kappa shape index (κ3) is 1.74. The molecule has 0 fully saturated rings. The predicted octanol–water partition coefficient (Wildman–Crippen LogP) is 2.09. The minimum absolute atomic E-state index is 0.152. The lowest BCUT2D eigenvalue weighted by molar-refractivity contribution is 0.710. The van der Waals surface area contributed by atoms with Crippen LogP contribution in [0.3, 0.4) is 0 Å².